The summed E-state index contributed by atoms with van der Waals surface area (Å²) in [5, 5.41) is 45.7. The largest absolute Gasteiger partial charge is 0.504 e. The summed E-state index contributed by atoms with van der Waals surface area (Å²) in [6.07, 6.45) is 4.26. The van der Waals surface area contributed by atoms with Crippen LogP contribution in [0.1, 0.15) is 55.4 Å². The molecule has 7 N–H and O–H groups in total. The molecule has 11 nitrogen and oxygen atoms in total. The molecule has 11 heteroatoms. The first-order valence-corrected chi connectivity index (χ1v) is 16.0. The monoisotopic (exact) mass is 637 g/mol. The van der Waals surface area contributed by atoms with E-state index in [1.807, 2.05) is 24.3 Å². The summed E-state index contributed by atoms with van der Waals surface area (Å²) in [4.78, 5) is 4.10. The number of aliphatic hydroxyl groups excluding tert-OH is 2. The lowest BCUT2D eigenvalue weighted by atomic mass is 9.75. The summed E-state index contributed by atoms with van der Waals surface area (Å²) < 4.78 is 23.5. The standard InChI is InChI=1S/C35H47N3O8/c1-20-10-24(18-39)27(11-22-8-9-37-34(36)13-22)28(38-20)19-45-33-15-23(14-32(44-3)35(33)42)30-17-25(40)16-26(46-30)6-4-21-5-7-29(41)31(12-21)43-2/h5,7-9,12-15,20,24-28,30,38-42H,4,6,10-11,16-19H2,1-3H3,(H2,36,37). The number of methoxy groups -OCH3 is 2. The molecule has 3 aromatic rings. The van der Waals surface area contributed by atoms with Gasteiger partial charge in [-0.2, -0.15) is 0 Å². The molecule has 7 atom stereocenters. The number of anilines is 1. The van der Waals surface area contributed by atoms with Crippen molar-refractivity contribution in [3.05, 3.63) is 65.4 Å². The number of hydrogen-bond donors (Lipinski definition) is 6. The van der Waals surface area contributed by atoms with Crippen LogP contribution in [0, 0.1) is 11.8 Å². The van der Waals surface area contributed by atoms with E-state index >= 15 is 0 Å². The minimum atomic E-state index is -0.561. The minimum Gasteiger partial charge on any atom is -0.504 e. The van der Waals surface area contributed by atoms with Crippen LogP contribution in [-0.4, -0.2) is 77.1 Å². The first-order valence-electron chi connectivity index (χ1n) is 16.0. The zero-order valence-electron chi connectivity index (χ0n) is 26.8. The zero-order valence-corrected chi connectivity index (χ0v) is 26.8. The van der Waals surface area contributed by atoms with Gasteiger partial charge in [0.25, 0.3) is 0 Å². The smallest absolute Gasteiger partial charge is 0.200 e. The maximum absolute atomic E-state index is 11.0. The lowest BCUT2D eigenvalue weighted by molar-refractivity contribution is -0.0999. The van der Waals surface area contributed by atoms with Crippen molar-refractivity contribution in [1.82, 2.24) is 10.3 Å². The Morgan fingerprint density at radius 3 is 2.50 bits per heavy atom. The summed E-state index contributed by atoms with van der Waals surface area (Å²) in [6.45, 7) is 2.40. The number of phenols is 2. The Labute approximate surface area is 270 Å². The Bertz CT molecular complexity index is 1460. The molecule has 2 saturated heterocycles. The van der Waals surface area contributed by atoms with Gasteiger partial charge in [-0.05, 0) is 104 Å². The second-order valence-corrected chi connectivity index (χ2v) is 12.6. The number of pyridine rings is 1. The number of aryl methyl sites for hydroxylation is 1. The SMILES string of the molecule is COc1cc(CCC2CC(O)CC(c3cc(OC)c(O)c(OCC4NC(C)CC(CO)C4Cc4ccnc(N)c4)c3)O2)ccc1O. The molecule has 3 heterocycles. The summed E-state index contributed by atoms with van der Waals surface area (Å²) in [7, 11) is 3.00. The first kappa shape index (κ1) is 33.6. The van der Waals surface area contributed by atoms with Crippen molar-refractivity contribution in [3.63, 3.8) is 0 Å². The highest BCUT2D eigenvalue weighted by molar-refractivity contribution is 5.53. The molecular formula is C35H47N3O8. The first-order chi connectivity index (χ1) is 22.2. The van der Waals surface area contributed by atoms with Gasteiger partial charge in [0.15, 0.2) is 23.0 Å². The van der Waals surface area contributed by atoms with Crippen LogP contribution in [0.3, 0.4) is 0 Å². The quantitative estimate of drug-likeness (QED) is 0.170. The van der Waals surface area contributed by atoms with Gasteiger partial charge in [-0.1, -0.05) is 6.07 Å². The fourth-order valence-electron chi connectivity index (χ4n) is 6.93. The van der Waals surface area contributed by atoms with E-state index in [2.05, 4.69) is 17.2 Å². The van der Waals surface area contributed by atoms with Crippen LogP contribution in [0.5, 0.6) is 28.7 Å². The summed E-state index contributed by atoms with van der Waals surface area (Å²) >= 11 is 0. The number of nitrogens with one attached hydrogen (secondary N) is 1. The van der Waals surface area contributed by atoms with Crippen molar-refractivity contribution >= 4 is 5.82 Å². The van der Waals surface area contributed by atoms with E-state index < -0.39 is 12.2 Å². The highest BCUT2D eigenvalue weighted by atomic mass is 16.5. The molecule has 250 valence electrons. The molecule has 2 aromatic carbocycles. The molecule has 0 amide bonds. The number of aliphatic hydroxyl groups is 2. The predicted molar refractivity (Wildman–Crippen MR) is 173 cm³/mol. The number of nitrogens with two attached hydrogens (primary N) is 1. The molecule has 0 radical (unpaired) electrons. The van der Waals surface area contributed by atoms with E-state index in [1.54, 1.807) is 24.4 Å². The number of rotatable bonds is 12. The molecule has 0 aliphatic carbocycles. The van der Waals surface area contributed by atoms with Crippen molar-refractivity contribution < 1.29 is 39.4 Å². The van der Waals surface area contributed by atoms with Gasteiger partial charge in [0, 0.05) is 31.3 Å². The highest BCUT2D eigenvalue weighted by Gasteiger charge is 2.37. The van der Waals surface area contributed by atoms with Crippen LogP contribution < -0.4 is 25.3 Å². The normalized spacial score (nSPS) is 26.4. The lowest BCUT2D eigenvalue weighted by Crippen LogP contribution is -2.54. The van der Waals surface area contributed by atoms with E-state index in [1.165, 1.54) is 14.2 Å². The molecule has 2 aliphatic heterocycles. The fourth-order valence-corrected chi connectivity index (χ4v) is 6.93. The van der Waals surface area contributed by atoms with Gasteiger partial charge in [-0.15, -0.1) is 0 Å². The van der Waals surface area contributed by atoms with Crippen LogP contribution in [0.15, 0.2) is 48.7 Å². The van der Waals surface area contributed by atoms with Gasteiger partial charge in [0.1, 0.15) is 12.4 Å². The number of benzene rings is 2. The molecule has 7 unspecified atom stereocenters. The van der Waals surface area contributed by atoms with E-state index in [-0.39, 0.29) is 66.2 Å². The average molecular weight is 638 g/mol. The van der Waals surface area contributed by atoms with Gasteiger partial charge >= 0.3 is 0 Å². The van der Waals surface area contributed by atoms with Crippen molar-refractivity contribution in [2.75, 3.05) is 33.2 Å². The number of aromatic hydroxyl groups is 2. The summed E-state index contributed by atoms with van der Waals surface area (Å²) in [6, 6.07) is 12.6. The van der Waals surface area contributed by atoms with Crippen molar-refractivity contribution in [2.45, 2.75) is 75.8 Å². The minimum absolute atomic E-state index is 0.0568. The van der Waals surface area contributed by atoms with Crippen LogP contribution >= 0.6 is 0 Å². The number of piperidine rings is 1. The molecule has 1 aromatic heterocycles. The predicted octanol–water partition coefficient (Wildman–Crippen LogP) is 3.90. The Morgan fingerprint density at radius 2 is 1.76 bits per heavy atom. The molecular weight excluding hydrogens is 590 g/mol. The number of phenolic OH excluding ortho intramolecular Hbond substituents is 2. The Balaban J connectivity index is 1.31. The van der Waals surface area contributed by atoms with Crippen LogP contribution in [0.4, 0.5) is 5.82 Å². The van der Waals surface area contributed by atoms with Gasteiger partial charge in [-0.25, -0.2) is 4.98 Å². The van der Waals surface area contributed by atoms with Gasteiger partial charge in [0.2, 0.25) is 5.75 Å². The van der Waals surface area contributed by atoms with Crippen molar-refractivity contribution in [2.24, 2.45) is 11.8 Å². The van der Waals surface area contributed by atoms with Crippen molar-refractivity contribution in [3.8, 4) is 28.7 Å². The molecule has 2 aliphatic rings. The molecule has 46 heavy (non-hydrogen) atoms. The maximum atomic E-state index is 11.0. The third-order valence-corrected chi connectivity index (χ3v) is 9.28. The fraction of sp³-hybridized carbons (Fsp3) is 0.514. The number of aromatic nitrogens is 1. The summed E-state index contributed by atoms with van der Waals surface area (Å²) in [5.74, 6) is 1.49. The second-order valence-electron chi connectivity index (χ2n) is 12.6. The maximum Gasteiger partial charge on any atom is 0.200 e. The molecule has 5 rings (SSSR count). The van der Waals surface area contributed by atoms with E-state index in [0.717, 1.165) is 23.1 Å². The van der Waals surface area contributed by atoms with E-state index in [9.17, 15) is 20.4 Å². The molecule has 0 saturated carbocycles. The van der Waals surface area contributed by atoms with Gasteiger partial charge in [0.05, 0.1) is 32.5 Å². The van der Waals surface area contributed by atoms with Gasteiger partial charge < -0.3 is 50.4 Å². The van der Waals surface area contributed by atoms with Crippen molar-refractivity contribution in [1.29, 1.82) is 0 Å². The average Bonchev–Trinajstić information content (AvgIpc) is 3.04. The number of nitrogens with zero attached hydrogens (tertiary/aromatic N) is 1. The highest BCUT2D eigenvalue weighted by Crippen LogP contribution is 2.43. The van der Waals surface area contributed by atoms with Crippen LogP contribution in [-0.2, 0) is 17.6 Å². The number of ether oxygens (including phenoxy) is 4. The zero-order chi connectivity index (χ0) is 32.8. The topological polar surface area (TPSA) is 169 Å². The third kappa shape index (κ3) is 8.14. The second kappa shape index (κ2) is 15.2. The third-order valence-electron chi connectivity index (χ3n) is 9.28. The summed E-state index contributed by atoms with van der Waals surface area (Å²) in [5.41, 5.74) is 8.71. The van der Waals surface area contributed by atoms with E-state index in [0.29, 0.717) is 43.7 Å². The molecule has 0 bridgehead atoms. The molecule has 2 fully saturated rings. The number of hydrogen-bond acceptors (Lipinski definition) is 11. The number of nitrogen functional groups attached to an aromatic ring is 1. The van der Waals surface area contributed by atoms with E-state index in [4.69, 9.17) is 24.7 Å². The van der Waals surface area contributed by atoms with Gasteiger partial charge in [-0.3, -0.25) is 0 Å². The Hall–Kier alpha value is -3.77. The lowest BCUT2D eigenvalue weighted by Gasteiger charge is -2.41. The van der Waals surface area contributed by atoms with Crippen LogP contribution in [0.25, 0.3) is 0 Å². The molecule has 0 spiro atoms. The Kier molecular flexibility index (Phi) is 11.1. The van der Waals surface area contributed by atoms with Crippen LogP contribution in [0.2, 0.25) is 0 Å². The Morgan fingerprint density at radius 1 is 0.978 bits per heavy atom.